The maximum Gasteiger partial charge on any atom is 0.257 e. The van der Waals surface area contributed by atoms with E-state index >= 15 is 0 Å². The molecular weight excluding hydrogens is 350 g/mol. The van der Waals surface area contributed by atoms with E-state index in [1.54, 1.807) is 12.1 Å². The fourth-order valence-corrected chi connectivity index (χ4v) is 4.29. The molecule has 0 aromatic heterocycles. The van der Waals surface area contributed by atoms with Gasteiger partial charge in [0.25, 0.3) is 11.8 Å². The Labute approximate surface area is 166 Å². The summed E-state index contributed by atoms with van der Waals surface area (Å²) in [7, 11) is 0. The third-order valence-electron chi connectivity index (χ3n) is 6.00. The summed E-state index contributed by atoms with van der Waals surface area (Å²) >= 11 is 0. The molecule has 2 heterocycles. The van der Waals surface area contributed by atoms with Crippen molar-refractivity contribution in [3.05, 3.63) is 58.7 Å². The molecule has 5 nitrogen and oxygen atoms in total. The molecule has 4 rings (SSSR count). The Balaban J connectivity index is 1.65. The summed E-state index contributed by atoms with van der Waals surface area (Å²) in [5.74, 6) is -0.0638. The number of aryl methyl sites for hydroxylation is 2. The zero-order valence-corrected chi connectivity index (χ0v) is 16.8. The second kappa shape index (κ2) is 7.30. The second-order valence-electron chi connectivity index (χ2n) is 7.75. The van der Waals surface area contributed by atoms with Gasteiger partial charge in [0, 0.05) is 24.3 Å². The summed E-state index contributed by atoms with van der Waals surface area (Å²) in [6.45, 7) is 7.81. The summed E-state index contributed by atoms with van der Waals surface area (Å²) in [4.78, 5) is 30.0. The Morgan fingerprint density at radius 2 is 1.93 bits per heavy atom. The average molecular weight is 377 g/mol. The number of rotatable bonds is 3. The highest BCUT2D eigenvalue weighted by molar-refractivity contribution is 6.08. The van der Waals surface area contributed by atoms with Crippen molar-refractivity contribution in [2.45, 2.75) is 46.2 Å². The van der Waals surface area contributed by atoms with E-state index in [0.29, 0.717) is 11.1 Å². The molecule has 1 N–H and O–H groups in total. The third-order valence-corrected chi connectivity index (χ3v) is 6.00. The topological polar surface area (TPSA) is 52.7 Å². The molecule has 1 atom stereocenters. The molecule has 2 amide bonds. The molecule has 5 heteroatoms. The summed E-state index contributed by atoms with van der Waals surface area (Å²) in [6.07, 6.45) is 3.29. The lowest BCUT2D eigenvalue weighted by Crippen LogP contribution is -2.57. The fraction of sp³-hybridized carbons (Fsp3) is 0.391. The van der Waals surface area contributed by atoms with E-state index in [4.69, 9.17) is 0 Å². The Kier molecular flexibility index (Phi) is 4.84. The van der Waals surface area contributed by atoms with E-state index in [9.17, 15) is 9.59 Å². The van der Waals surface area contributed by atoms with Gasteiger partial charge in [0.05, 0.1) is 11.3 Å². The Morgan fingerprint density at radius 1 is 1.11 bits per heavy atom. The van der Waals surface area contributed by atoms with Gasteiger partial charge in [-0.15, -0.1) is 0 Å². The molecule has 2 aliphatic rings. The highest BCUT2D eigenvalue weighted by Gasteiger charge is 2.38. The quantitative estimate of drug-likeness (QED) is 0.865. The van der Waals surface area contributed by atoms with Crippen molar-refractivity contribution in [1.82, 2.24) is 4.90 Å². The highest BCUT2D eigenvalue weighted by atomic mass is 16.2. The maximum atomic E-state index is 13.0. The van der Waals surface area contributed by atoms with Crippen molar-refractivity contribution >= 4 is 23.2 Å². The normalized spacial score (nSPS) is 18.5. The number of carbonyl (C=O) groups is 2. The van der Waals surface area contributed by atoms with E-state index in [1.807, 2.05) is 36.1 Å². The van der Waals surface area contributed by atoms with E-state index in [0.717, 1.165) is 49.3 Å². The number of hydrogen-bond donors (Lipinski definition) is 1. The number of benzene rings is 2. The maximum absolute atomic E-state index is 13.0. The lowest BCUT2D eigenvalue weighted by atomic mass is 9.97. The van der Waals surface area contributed by atoms with Gasteiger partial charge in [0.15, 0.2) is 0 Å². The number of nitrogens with one attached hydrogen (secondary N) is 1. The first kappa shape index (κ1) is 18.5. The number of hydrogen-bond acceptors (Lipinski definition) is 3. The van der Waals surface area contributed by atoms with E-state index < -0.39 is 0 Å². The van der Waals surface area contributed by atoms with Crippen LogP contribution in [0.2, 0.25) is 0 Å². The molecule has 1 fully saturated rings. The van der Waals surface area contributed by atoms with Crippen LogP contribution in [0.3, 0.4) is 0 Å². The Bertz CT molecular complexity index is 937. The number of piperidine rings is 1. The number of nitrogens with zero attached hydrogens (tertiary/aromatic N) is 2. The first-order valence-electron chi connectivity index (χ1n) is 10.1. The van der Waals surface area contributed by atoms with Crippen molar-refractivity contribution < 1.29 is 9.59 Å². The van der Waals surface area contributed by atoms with Crippen LogP contribution in [-0.2, 0) is 0 Å². The van der Waals surface area contributed by atoms with Crippen LogP contribution in [0.1, 0.15) is 58.0 Å². The zero-order valence-electron chi connectivity index (χ0n) is 16.8. The van der Waals surface area contributed by atoms with Crippen molar-refractivity contribution in [2.75, 3.05) is 23.3 Å². The second-order valence-corrected chi connectivity index (χ2v) is 7.75. The lowest BCUT2D eigenvalue weighted by Gasteiger charge is -2.47. The van der Waals surface area contributed by atoms with Crippen LogP contribution in [0.4, 0.5) is 11.4 Å². The van der Waals surface area contributed by atoms with E-state index in [-0.39, 0.29) is 18.0 Å². The van der Waals surface area contributed by atoms with Gasteiger partial charge in [0.1, 0.15) is 6.17 Å². The SMILES string of the molecule is CCN1c2cc(C(=O)Nc3ccc(C)c(C)c3)ccc2C(=O)N2CCCC[C@@H]21. The molecule has 0 unspecified atom stereocenters. The minimum Gasteiger partial charge on any atom is -0.351 e. The van der Waals surface area contributed by atoms with Crippen molar-refractivity contribution in [3.63, 3.8) is 0 Å². The third kappa shape index (κ3) is 3.15. The summed E-state index contributed by atoms with van der Waals surface area (Å²) in [5.41, 5.74) is 5.27. The molecular formula is C23H27N3O2. The Hall–Kier alpha value is -2.82. The molecule has 2 aliphatic heterocycles. The van der Waals surface area contributed by atoms with Crippen LogP contribution in [0.25, 0.3) is 0 Å². The molecule has 146 valence electrons. The molecule has 28 heavy (non-hydrogen) atoms. The molecule has 0 saturated carbocycles. The average Bonchev–Trinajstić information content (AvgIpc) is 2.71. The molecule has 0 spiro atoms. The minimum atomic E-state index is -0.152. The number of amides is 2. The first-order chi connectivity index (χ1) is 13.5. The summed E-state index contributed by atoms with van der Waals surface area (Å²) in [5, 5.41) is 2.98. The van der Waals surface area contributed by atoms with Gasteiger partial charge in [-0.3, -0.25) is 9.59 Å². The van der Waals surface area contributed by atoms with Crippen LogP contribution >= 0.6 is 0 Å². The standard InChI is InChI=1S/C23H27N3O2/c1-4-25-20-14-17(22(27)24-18-10-8-15(2)16(3)13-18)9-11-19(20)23(28)26-12-6-5-7-21(25)26/h8-11,13-14,21H,4-7,12H2,1-3H3,(H,24,27)/t21-/m1/s1. The molecule has 2 aromatic rings. The predicted molar refractivity (Wildman–Crippen MR) is 112 cm³/mol. The van der Waals surface area contributed by atoms with Crippen LogP contribution < -0.4 is 10.2 Å². The largest absolute Gasteiger partial charge is 0.351 e. The Morgan fingerprint density at radius 3 is 2.68 bits per heavy atom. The van der Waals surface area contributed by atoms with Gasteiger partial charge in [0.2, 0.25) is 0 Å². The molecule has 1 saturated heterocycles. The van der Waals surface area contributed by atoms with Gasteiger partial charge in [-0.2, -0.15) is 0 Å². The fourth-order valence-electron chi connectivity index (χ4n) is 4.29. The molecule has 0 aliphatic carbocycles. The van der Waals surface area contributed by atoms with Crippen molar-refractivity contribution in [3.8, 4) is 0 Å². The van der Waals surface area contributed by atoms with Crippen LogP contribution in [-0.4, -0.2) is 36.0 Å². The van der Waals surface area contributed by atoms with Gasteiger partial charge in [-0.05, 0) is 81.5 Å². The van der Waals surface area contributed by atoms with Gasteiger partial charge in [-0.1, -0.05) is 6.07 Å². The smallest absolute Gasteiger partial charge is 0.257 e. The van der Waals surface area contributed by atoms with Crippen molar-refractivity contribution in [1.29, 1.82) is 0 Å². The monoisotopic (exact) mass is 377 g/mol. The first-order valence-corrected chi connectivity index (χ1v) is 10.1. The van der Waals surface area contributed by atoms with Crippen LogP contribution in [0, 0.1) is 13.8 Å². The number of anilines is 2. The molecule has 0 bridgehead atoms. The number of fused-ring (bicyclic) bond motifs is 2. The minimum absolute atomic E-state index is 0.0884. The van der Waals surface area contributed by atoms with E-state index in [1.165, 1.54) is 5.56 Å². The van der Waals surface area contributed by atoms with Gasteiger partial charge < -0.3 is 15.1 Å². The summed E-state index contributed by atoms with van der Waals surface area (Å²) < 4.78 is 0. The zero-order chi connectivity index (χ0) is 19.8. The lowest BCUT2D eigenvalue weighted by molar-refractivity contribution is 0.0582. The number of carbonyl (C=O) groups excluding carboxylic acids is 2. The highest BCUT2D eigenvalue weighted by Crippen LogP contribution is 2.35. The van der Waals surface area contributed by atoms with E-state index in [2.05, 4.69) is 24.1 Å². The van der Waals surface area contributed by atoms with Crippen molar-refractivity contribution in [2.24, 2.45) is 0 Å². The van der Waals surface area contributed by atoms with Gasteiger partial charge in [-0.25, -0.2) is 0 Å². The van der Waals surface area contributed by atoms with Gasteiger partial charge >= 0.3 is 0 Å². The molecule has 2 aromatic carbocycles. The summed E-state index contributed by atoms with van der Waals surface area (Å²) in [6, 6.07) is 11.3. The molecule has 0 radical (unpaired) electrons. The van der Waals surface area contributed by atoms with Crippen LogP contribution in [0.15, 0.2) is 36.4 Å². The van der Waals surface area contributed by atoms with Crippen LogP contribution in [0.5, 0.6) is 0 Å². The predicted octanol–water partition coefficient (Wildman–Crippen LogP) is 4.35.